The van der Waals surface area contributed by atoms with Crippen molar-refractivity contribution in [2.45, 2.75) is 40.2 Å². The van der Waals surface area contributed by atoms with Gasteiger partial charge in [0.05, 0.1) is 12.0 Å². The van der Waals surface area contributed by atoms with Crippen molar-refractivity contribution < 1.29 is 0 Å². The largest absolute Gasteiger partial charge is 0.334 e. The summed E-state index contributed by atoms with van der Waals surface area (Å²) in [6.07, 6.45) is 4.43. The van der Waals surface area contributed by atoms with Gasteiger partial charge in [-0.3, -0.25) is 0 Å². The zero-order chi connectivity index (χ0) is 10.6. The van der Waals surface area contributed by atoms with Crippen molar-refractivity contribution in [1.29, 1.82) is 0 Å². The molecule has 0 N–H and O–H groups in total. The van der Waals surface area contributed by atoms with E-state index in [1.165, 1.54) is 18.5 Å². The second-order valence-electron chi connectivity index (χ2n) is 3.91. The number of aromatic nitrogens is 2. The maximum absolute atomic E-state index is 4.39. The first-order valence-corrected chi connectivity index (χ1v) is 5.91. The van der Waals surface area contributed by atoms with Crippen LogP contribution in [0.2, 0.25) is 0 Å². The van der Waals surface area contributed by atoms with Crippen LogP contribution in [0.4, 0.5) is 0 Å². The molecule has 1 aromatic heterocycles. The molecule has 0 fully saturated rings. The van der Waals surface area contributed by atoms with Crippen molar-refractivity contribution in [3.05, 3.63) is 17.7 Å². The lowest BCUT2D eigenvalue weighted by atomic mass is 10.1. The van der Waals surface area contributed by atoms with Crippen molar-refractivity contribution in [2.24, 2.45) is 5.92 Å². The molecule has 0 saturated carbocycles. The SMILES string of the molecule is CCCC(CS)Cn1cnc(C)c1C. The Morgan fingerprint density at radius 1 is 1.50 bits per heavy atom. The summed E-state index contributed by atoms with van der Waals surface area (Å²) in [5, 5.41) is 0. The van der Waals surface area contributed by atoms with Crippen LogP contribution in [0.5, 0.6) is 0 Å². The molecule has 3 heteroatoms. The molecule has 0 aliphatic heterocycles. The number of imidazole rings is 1. The number of hydrogen-bond donors (Lipinski definition) is 1. The maximum atomic E-state index is 4.39. The summed E-state index contributed by atoms with van der Waals surface area (Å²) in [6, 6.07) is 0. The van der Waals surface area contributed by atoms with Crippen LogP contribution in [-0.4, -0.2) is 15.3 Å². The lowest BCUT2D eigenvalue weighted by Gasteiger charge is -2.15. The lowest BCUT2D eigenvalue weighted by molar-refractivity contribution is 0.448. The summed E-state index contributed by atoms with van der Waals surface area (Å²) in [6.45, 7) is 7.47. The van der Waals surface area contributed by atoms with E-state index in [0.717, 1.165) is 18.0 Å². The Hall–Kier alpha value is -0.440. The summed E-state index contributed by atoms with van der Waals surface area (Å²) < 4.78 is 2.24. The van der Waals surface area contributed by atoms with Crippen LogP contribution in [0.25, 0.3) is 0 Å². The van der Waals surface area contributed by atoms with Gasteiger partial charge in [-0.25, -0.2) is 4.98 Å². The zero-order valence-electron chi connectivity index (χ0n) is 9.32. The molecular formula is C11H20N2S. The monoisotopic (exact) mass is 212 g/mol. The van der Waals surface area contributed by atoms with Gasteiger partial charge in [0, 0.05) is 12.2 Å². The van der Waals surface area contributed by atoms with Crippen LogP contribution in [0.1, 0.15) is 31.2 Å². The smallest absolute Gasteiger partial charge is 0.0951 e. The minimum atomic E-state index is 0.677. The molecule has 0 bridgehead atoms. The molecule has 80 valence electrons. The fraction of sp³-hybridized carbons (Fsp3) is 0.727. The molecule has 2 nitrogen and oxygen atoms in total. The van der Waals surface area contributed by atoms with Crippen LogP contribution >= 0.6 is 12.6 Å². The minimum absolute atomic E-state index is 0.677. The fourth-order valence-corrected chi connectivity index (χ4v) is 1.95. The van der Waals surface area contributed by atoms with Gasteiger partial charge in [-0.2, -0.15) is 12.6 Å². The molecular weight excluding hydrogens is 192 g/mol. The number of aryl methyl sites for hydroxylation is 1. The molecule has 0 saturated heterocycles. The molecule has 0 amide bonds. The van der Waals surface area contributed by atoms with Crippen LogP contribution in [0, 0.1) is 19.8 Å². The van der Waals surface area contributed by atoms with Gasteiger partial charge in [-0.1, -0.05) is 13.3 Å². The van der Waals surface area contributed by atoms with E-state index in [1.54, 1.807) is 0 Å². The lowest BCUT2D eigenvalue weighted by Crippen LogP contribution is -2.12. The van der Waals surface area contributed by atoms with Gasteiger partial charge in [-0.15, -0.1) is 0 Å². The van der Waals surface area contributed by atoms with Gasteiger partial charge >= 0.3 is 0 Å². The van der Waals surface area contributed by atoms with E-state index in [0.29, 0.717) is 5.92 Å². The second-order valence-corrected chi connectivity index (χ2v) is 4.27. The van der Waals surface area contributed by atoms with Crippen molar-refractivity contribution >= 4 is 12.6 Å². The number of nitrogens with zero attached hydrogens (tertiary/aromatic N) is 2. The average molecular weight is 212 g/mol. The molecule has 0 aliphatic rings. The molecule has 1 rings (SSSR count). The van der Waals surface area contributed by atoms with E-state index in [1.807, 2.05) is 6.33 Å². The number of rotatable bonds is 5. The van der Waals surface area contributed by atoms with E-state index >= 15 is 0 Å². The first kappa shape index (κ1) is 11.6. The third-order valence-electron chi connectivity index (χ3n) is 2.76. The molecule has 0 aliphatic carbocycles. The van der Waals surface area contributed by atoms with Crippen LogP contribution in [-0.2, 0) is 6.54 Å². The fourth-order valence-electron chi connectivity index (χ4n) is 1.65. The Morgan fingerprint density at radius 3 is 2.64 bits per heavy atom. The minimum Gasteiger partial charge on any atom is -0.334 e. The van der Waals surface area contributed by atoms with Crippen LogP contribution in [0.3, 0.4) is 0 Å². The van der Waals surface area contributed by atoms with Crippen molar-refractivity contribution in [1.82, 2.24) is 9.55 Å². The molecule has 1 heterocycles. The van der Waals surface area contributed by atoms with Gasteiger partial charge in [0.25, 0.3) is 0 Å². The Kier molecular flexibility index (Phi) is 4.52. The van der Waals surface area contributed by atoms with E-state index in [4.69, 9.17) is 0 Å². The Balaban J connectivity index is 2.62. The van der Waals surface area contributed by atoms with Gasteiger partial charge < -0.3 is 4.57 Å². The Bertz CT molecular complexity index is 281. The predicted molar refractivity (Wildman–Crippen MR) is 64.0 cm³/mol. The van der Waals surface area contributed by atoms with E-state index in [-0.39, 0.29) is 0 Å². The summed E-state index contributed by atoms with van der Waals surface area (Å²) in [4.78, 5) is 4.30. The van der Waals surface area contributed by atoms with Crippen molar-refractivity contribution in [3.63, 3.8) is 0 Å². The summed E-state index contributed by atoms with van der Waals surface area (Å²) in [7, 11) is 0. The van der Waals surface area contributed by atoms with E-state index in [9.17, 15) is 0 Å². The van der Waals surface area contributed by atoms with Gasteiger partial charge in [0.2, 0.25) is 0 Å². The van der Waals surface area contributed by atoms with Crippen molar-refractivity contribution in [3.8, 4) is 0 Å². The zero-order valence-corrected chi connectivity index (χ0v) is 10.2. The van der Waals surface area contributed by atoms with Gasteiger partial charge in [0.15, 0.2) is 0 Å². The first-order valence-electron chi connectivity index (χ1n) is 5.28. The highest BCUT2D eigenvalue weighted by molar-refractivity contribution is 7.80. The summed E-state index contributed by atoms with van der Waals surface area (Å²) in [5.74, 6) is 1.64. The van der Waals surface area contributed by atoms with Crippen LogP contribution in [0.15, 0.2) is 6.33 Å². The van der Waals surface area contributed by atoms with Crippen molar-refractivity contribution in [2.75, 3.05) is 5.75 Å². The molecule has 14 heavy (non-hydrogen) atoms. The third-order valence-corrected chi connectivity index (χ3v) is 3.27. The molecule has 0 aromatic carbocycles. The number of thiol groups is 1. The normalized spacial score (nSPS) is 13.1. The summed E-state index contributed by atoms with van der Waals surface area (Å²) >= 11 is 4.39. The predicted octanol–water partition coefficient (Wildman–Crippen LogP) is 2.85. The van der Waals surface area contributed by atoms with Gasteiger partial charge in [0.1, 0.15) is 0 Å². The highest BCUT2D eigenvalue weighted by atomic mass is 32.1. The Morgan fingerprint density at radius 2 is 2.21 bits per heavy atom. The van der Waals surface area contributed by atoms with E-state index < -0.39 is 0 Å². The molecule has 1 atom stereocenters. The molecule has 1 unspecified atom stereocenters. The number of hydrogen-bond acceptors (Lipinski definition) is 2. The maximum Gasteiger partial charge on any atom is 0.0951 e. The first-order chi connectivity index (χ1) is 6.69. The molecule has 0 spiro atoms. The van der Waals surface area contributed by atoms with Crippen LogP contribution < -0.4 is 0 Å². The highest BCUT2D eigenvalue weighted by Crippen LogP contribution is 2.14. The molecule has 0 radical (unpaired) electrons. The third kappa shape index (κ3) is 2.77. The second kappa shape index (κ2) is 5.44. The highest BCUT2D eigenvalue weighted by Gasteiger charge is 2.09. The summed E-state index contributed by atoms with van der Waals surface area (Å²) in [5.41, 5.74) is 2.42. The average Bonchev–Trinajstić information content (AvgIpc) is 2.49. The molecule has 1 aromatic rings. The quantitative estimate of drug-likeness (QED) is 0.743. The Labute approximate surface area is 92.1 Å². The van der Waals surface area contributed by atoms with Gasteiger partial charge in [-0.05, 0) is 31.9 Å². The van der Waals surface area contributed by atoms with E-state index in [2.05, 4.69) is 43.0 Å². The standard InChI is InChI=1S/C11H20N2S/c1-4-5-11(7-14)6-13-8-12-9(2)10(13)3/h8,11,14H,4-7H2,1-3H3. The topological polar surface area (TPSA) is 17.8 Å².